The van der Waals surface area contributed by atoms with E-state index >= 15 is 0 Å². The fourth-order valence-corrected chi connectivity index (χ4v) is 3.31. The summed E-state index contributed by atoms with van der Waals surface area (Å²) in [6.07, 6.45) is 0.681. The molecule has 0 saturated carbocycles. The van der Waals surface area contributed by atoms with Gasteiger partial charge in [0.15, 0.2) is 0 Å². The lowest BCUT2D eigenvalue weighted by Crippen LogP contribution is -2.32. The van der Waals surface area contributed by atoms with Gasteiger partial charge in [-0.25, -0.2) is 0 Å². The predicted molar refractivity (Wildman–Crippen MR) is 91.8 cm³/mol. The van der Waals surface area contributed by atoms with Gasteiger partial charge in [0, 0.05) is 20.2 Å². The third-order valence-electron chi connectivity index (χ3n) is 3.49. The molecular formula is C17H19N3O3S. The number of hydrogen-bond acceptors (Lipinski definition) is 5. The third kappa shape index (κ3) is 4.60. The van der Waals surface area contributed by atoms with Crippen molar-refractivity contribution in [1.82, 2.24) is 10.2 Å². The Morgan fingerprint density at radius 1 is 1.42 bits per heavy atom. The number of hydrogen-bond donors (Lipinski definition) is 1. The molecule has 1 fully saturated rings. The minimum absolute atomic E-state index is 0.0185. The maximum absolute atomic E-state index is 12.3. The van der Waals surface area contributed by atoms with Gasteiger partial charge >= 0.3 is 0 Å². The van der Waals surface area contributed by atoms with E-state index in [1.54, 1.807) is 7.11 Å². The molecule has 2 rings (SSSR count). The van der Waals surface area contributed by atoms with Crippen molar-refractivity contribution >= 4 is 23.6 Å². The van der Waals surface area contributed by atoms with Crippen LogP contribution in [-0.2, 0) is 20.7 Å². The maximum Gasteiger partial charge on any atom is 0.264 e. The summed E-state index contributed by atoms with van der Waals surface area (Å²) in [6.45, 7) is 1.11. The van der Waals surface area contributed by atoms with Crippen LogP contribution in [0.3, 0.4) is 0 Å². The fraction of sp³-hybridized carbons (Fsp3) is 0.353. The number of carbonyl (C=O) groups is 2. The summed E-state index contributed by atoms with van der Waals surface area (Å²) in [4.78, 5) is 25.7. The van der Waals surface area contributed by atoms with Crippen LogP contribution in [0.15, 0.2) is 40.9 Å². The van der Waals surface area contributed by atoms with Crippen LogP contribution in [0.25, 0.3) is 0 Å². The van der Waals surface area contributed by atoms with E-state index in [0.29, 0.717) is 31.1 Å². The quantitative estimate of drug-likeness (QED) is 0.595. The van der Waals surface area contributed by atoms with Crippen LogP contribution >= 0.6 is 11.8 Å². The van der Waals surface area contributed by atoms with E-state index in [9.17, 15) is 14.9 Å². The third-order valence-corrected chi connectivity index (χ3v) is 4.58. The van der Waals surface area contributed by atoms with Gasteiger partial charge < -0.3 is 15.0 Å². The van der Waals surface area contributed by atoms with Crippen molar-refractivity contribution < 1.29 is 14.3 Å². The number of benzene rings is 1. The van der Waals surface area contributed by atoms with E-state index in [0.717, 1.165) is 5.56 Å². The van der Waals surface area contributed by atoms with Gasteiger partial charge in [-0.2, -0.15) is 5.26 Å². The largest absolute Gasteiger partial charge is 0.383 e. The van der Waals surface area contributed by atoms with E-state index in [4.69, 9.17) is 4.74 Å². The first kappa shape index (κ1) is 18.0. The Balaban J connectivity index is 2.02. The molecule has 0 atom stereocenters. The molecule has 0 radical (unpaired) electrons. The number of nitrogens with zero attached hydrogens (tertiary/aromatic N) is 2. The number of nitrogens with one attached hydrogen (secondary N) is 1. The van der Waals surface area contributed by atoms with Gasteiger partial charge in [0.25, 0.3) is 5.91 Å². The molecular weight excluding hydrogens is 326 g/mol. The van der Waals surface area contributed by atoms with Crippen molar-refractivity contribution in [2.24, 2.45) is 0 Å². The molecule has 2 amide bonds. The molecule has 0 aliphatic carbocycles. The van der Waals surface area contributed by atoms with Gasteiger partial charge in [0.05, 0.1) is 12.4 Å². The second-order valence-electron chi connectivity index (χ2n) is 5.11. The van der Waals surface area contributed by atoms with E-state index < -0.39 is 5.91 Å². The second kappa shape index (κ2) is 9.11. The molecule has 1 aromatic rings. The number of methoxy groups -OCH3 is 1. The van der Waals surface area contributed by atoms with E-state index in [-0.39, 0.29) is 17.2 Å². The van der Waals surface area contributed by atoms with Crippen LogP contribution < -0.4 is 5.32 Å². The molecule has 6 nitrogen and oxygen atoms in total. The Hall–Kier alpha value is -2.30. The van der Waals surface area contributed by atoms with Gasteiger partial charge in [-0.15, -0.1) is 0 Å². The van der Waals surface area contributed by atoms with E-state index in [1.165, 1.54) is 16.7 Å². The molecule has 1 aromatic carbocycles. The molecule has 1 heterocycles. The Kier molecular flexibility index (Phi) is 6.85. The molecule has 0 spiro atoms. The lowest BCUT2D eigenvalue weighted by Gasteiger charge is -2.17. The monoisotopic (exact) mass is 345 g/mol. The molecule has 126 valence electrons. The lowest BCUT2D eigenvalue weighted by atomic mass is 10.1. The number of carbonyl (C=O) groups excluding carboxylic acids is 2. The van der Waals surface area contributed by atoms with Crippen LogP contribution in [0.5, 0.6) is 0 Å². The second-order valence-corrected chi connectivity index (χ2v) is 6.07. The zero-order chi connectivity index (χ0) is 17.4. The molecule has 0 aromatic heterocycles. The highest BCUT2D eigenvalue weighted by Crippen LogP contribution is 2.31. The summed E-state index contributed by atoms with van der Waals surface area (Å²) < 4.78 is 4.98. The summed E-state index contributed by atoms with van der Waals surface area (Å²) in [6, 6.07) is 11.7. The Labute approximate surface area is 145 Å². The van der Waals surface area contributed by atoms with Crippen molar-refractivity contribution in [3.63, 3.8) is 0 Å². The van der Waals surface area contributed by atoms with Crippen molar-refractivity contribution in [3.8, 4) is 6.07 Å². The van der Waals surface area contributed by atoms with Crippen molar-refractivity contribution in [2.45, 2.75) is 6.42 Å². The standard InChI is InChI=1S/C17H19N3O3S/c1-23-10-9-20-15(21)12-24-17(20)14(11-18)16(22)19-8-7-13-5-3-2-4-6-13/h2-6H,7-10,12H2,1H3,(H,19,22)/b17-14-. The first-order valence-electron chi connectivity index (χ1n) is 7.56. The van der Waals surface area contributed by atoms with Crippen molar-refractivity contribution in [3.05, 3.63) is 46.5 Å². The molecule has 1 saturated heterocycles. The Morgan fingerprint density at radius 3 is 2.83 bits per heavy atom. The van der Waals surface area contributed by atoms with Crippen molar-refractivity contribution in [1.29, 1.82) is 5.26 Å². The Bertz CT molecular complexity index is 667. The topological polar surface area (TPSA) is 82.4 Å². The minimum Gasteiger partial charge on any atom is -0.383 e. The van der Waals surface area contributed by atoms with Gasteiger partial charge in [0.1, 0.15) is 16.7 Å². The van der Waals surface area contributed by atoms with Crippen molar-refractivity contribution in [2.75, 3.05) is 32.6 Å². The molecule has 7 heteroatoms. The van der Waals surface area contributed by atoms with Gasteiger partial charge in [-0.1, -0.05) is 42.1 Å². The number of rotatable bonds is 7. The van der Waals surface area contributed by atoms with Crippen LogP contribution in [0.1, 0.15) is 5.56 Å². The van der Waals surface area contributed by atoms with Crippen LogP contribution in [0, 0.1) is 11.3 Å². The molecule has 0 bridgehead atoms. The van der Waals surface area contributed by atoms with Gasteiger partial charge in [-0.05, 0) is 12.0 Å². The smallest absolute Gasteiger partial charge is 0.264 e. The molecule has 1 aliphatic rings. The molecule has 0 unspecified atom stereocenters. The normalized spacial score (nSPS) is 16.0. The van der Waals surface area contributed by atoms with E-state index in [1.807, 2.05) is 36.4 Å². The highest BCUT2D eigenvalue weighted by molar-refractivity contribution is 8.04. The zero-order valence-electron chi connectivity index (χ0n) is 13.4. The predicted octanol–water partition coefficient (Wildman–Crippen LogP) is 1.30. The van der Waals surface area contributed by atoms with Crippen LogP contribution in [-0.4, -0.2) is 49.3 Å². The Morgan fingerprint density at radius 2 is 2.17 bits per heavy atom. The molecule has 24 heavy (non-hydrogen) atoms. The van der Waals surface area contributed by atoms with Gasteiger partial charge in [0.2, 0.25) is 5.91 Å². The molecule has 1 N–H and O–H groups in total. The lowest BCUT2D eigenvalue weighted by molar-refractivity contribution is -0.125. The highest BCUT2D eigenvalue weighted by Gasteiger charge is 2.31. The summed E-state index contributed by atoms with van der Waals surface area (Å²) >= 11 is 1.22. The van der Waals surface area contributed by atoms with E-state index in [2.05, 4.69) is 5.32 Å². The number of ether oxygens (including phenoxy) is 1. The average molecular weight is 345 g/mol. The minimum atomic E-state index is -0.451. The number of nitriles is 1. The van der Waals surface area contributed by atoms with Crippen LogP contribution in [0.4, 0.5) is 0 Å². The summed E-state index contributed by atoms with van der Waals surface area (Å²) in [5.41, 5.74) is 1.09. The fourth-order valence-electron chi connectivity index (χ4n) is 2.26. The summed E-state index contributed by atoms with van der Waals surface area (Å²) in [5, 5.41) is 12.5. The number of thioether (sulfide) groups is 1. The maximum atomic E-state index is 12.3. The van der Waals surface area contributed by atoms with Gasteiger partial charge in [-0.3, -0.25) is 9.59 Å². The summed E-state index contributed by atoms with van der Waals surface area (Å²) in [7, 11) is 1.54. The molecule has 1 aliphatic heterocycles. The number of amides is 2. The SMILES string of the molecule is COCCN1C(=O)CS/C1=C(/C#N)C(=O)NCCc1ccccc1. The highest BCUT2D eigenvalue weighted by atomic mass is 32.2. The first-order valence-corrected chi connectivity index (χ1v) is 8.54. The first-order chi connectivity index (χ1) is 11.7. The zero-order valence-corrected chi connectivity index (χ0v) is 14.3. The summed E-state index contributed by atoms with van der Waals surface area (Å²) in [5.74, 6) is -0.327. The average Bonchev–Trinajstić information content (AvgIpc) is 2.95. The van der Waals surface area contributed by atoms with Crippen LogP contribution in [0.2, 0.25) is 0 Å².